The number of hydrogen-bond donors (Lipinski definition) is 3. The largest absolute Gasteiger partial charge is 0.394 e. The van der Waals surface area contributed by atoms with Gasteiger partial charge in [0.05, 0.1) is 6.61 Å². The van der Waals surface area contributed by atoms with Crippen molar-refractivity contribution in [2.45, 2.75) is 24.4 Å². The first kappa shape index (κ1) is 8.61. The number of hydrogen-bond acceptors (Lipinski definition) is 5. The molecule has 0 aromatic rings. The van der Waals surface area contributed by atoms with Crippen molar-refractivity contribution in [1.82, 2.24) is 0 Å². The minimum absolute atomic E-state index is 0.400. The average molecular weight is 162 g/mol. The molecular formula is C6H10O5. The maximum atomic E-state index is 10.1. The summed E-state index contributed by atoms with van der Waals surface area (Å²) in [6.07, 6.45) is -3.84. The first-order valence-corrected chi connectivity index (χ1v) is 3.28. The van der Waals surface area contributed by atoms with Crippen LogP contribution in [-0.4, -0.2) is 52.6 Å². The van der Waals surface area contributed by atoms with Gasteiger partial charge in [-0.2, -0.15) is 0 Å². The first-order chi connectivity index (χ1) is 5.20. The van der Waals surface area contributed by atoms with Gasteiger partial charge in [0.25, 0.3) is 0 Å². The lowest BCUT2D eigenvalue weighted by Crippen LogP contribution is -2.34. The van der Waals surface area contributed by atoms with E-state index < -0.39 is 31.0 Å². The van der Waals surface area contributed by atoms with Crippen LogP contribution >= 0.6 is 0 Å². The summed E-state index contributed by atoms with van der Waals surface area (Å²) in [5.74, 6) is 0. The molecule has 0 bridgehead atoms. The number of aliphatic hydroxyl groups excluding tert-OH is 3. The summed E-state index contributed by atoms with van der Waals surface area (Å²) in [6.45, 7) is -0.400. The Morgan fingerprint density at radius 3 is 2.27 bits per heavy atom. The van der Waals surface area contributed by atoms with Crippen molar-refractivity contribution in [2.24, 2.45) is 0 Å². The van der Waals surface area contributed by atoms with E-state index in [1.54, 1.807) is 0 Å². The van der Waals surface area contributed by atoms with Crippen LogP contribution in [-0.2, 0) is 9.53 Å². The molecule has 1 aliphatic heterocycles. The van der Waals surface area contributed by atoms with Crippen LogP contribution in [0.3, 0.4) is 0 Å². The van der Waals surface area contributed by atoms with Gasteiger partial charge in [-0.3, -0.25) is 0 Å². The van der Waals surface area contributed by atoms with Crippen LogP contribution in [0.15, 0.2) is 0 Å². The van der Waals surface area contributed by atoms with Gasteiger partial charge in [-0.1, -0.05) is 0 Å². The summed E-state index contributed by atoms with van der Waals surface area (Å²) in [6, 6.07) is 0. The van der Waals surface area contributed by atoms with Gasteiger partial charge in [0.1, 0.15) is 24.4 Å². The van der Waals surface area contributed by atoms with Gasteiger partial charge in [0.2, 0.25) is 0 Å². The Morgan fingerprint density at radius 1 is 1.36 bits per heavy atom. The number of carbonyl (C=O) groups is 1. The monoisotopic (exact) mass is 162 g/mol. The predicted octanol–water partition coefficient (Wildman–Crippen LogP) is -2.33. The minimum atomic E-state index is -1.22. The smallest absolute Gasteiger partial charge is 0.151 e. The van der Waals surface area contributed by atoms with Gasteiger partial charge >= 0.3 is 0 Å². The van der Waals surface area contributed by atoms with E-state index in [0.29, 0.717) is 6.29 Å². The number of ether oxygens (including phenoxy) is 1. The fourth-order valence-corrected chi connectivity index (χ4v) is 1.04. The maximum Gasteiger partial charge on any atom is 0.151 e. The summed E-state index contributed by atoms with van der Waals surface area (Å²) in [5.41, 5.74) is 0. The molecule has 0 aromatic heterocycles. The lowest BCUT2D eigenvalue weighted by molar-refractivity contribution is -0.121. The highest BCUT2D eigenvalue weighted by Crippen LogP contribution is 2.19. The van der Waals surface area contributed by atoms with Crippen LogP contribution < -0.4 is 0 Å². The molecule has 0 aromatic carbocycles. The van der Waals surface area contributed by atoms with Crippen molar-refractivity contribution in [3.63, 3.8) is 0 Å². The molecule has 0 spiro atoms. The number of aldehydes is 1. The number of carbonyl (C=O) groups excluding carboxylic acids is 1. The van der Waals surface area contributed by atoms with Crippen LogP contribution in [0.4, 0.5) is 0 Å². The van der Waals surface area contributed by atoms with E-state index in [0.717, 1.165) is 0 Å². The molecule has 5 heteroatoms. The van der Waals surface area contributed by atoms with Crippen molar-refractivity contribution >= 4 is 6.29 Å². The Morgan fingerprint density at radius 2 is 2.00 bits per heavy atom. The predicted molar refractivity (Wildman–Crippen MR) is 33.8 cm³/mol. The van der Waals surface area contributed by atoms with Gasteiger partial charge in [-0.25, -0.2) is 0 Å². The van der Waals surface area contributed by atoms with Crippen LogP contribution in [0.25, 0.3) is 0 Å². The highest BCUT2D eigenvalue weighted by atomic mass is 16.6. The van der Waals surface area contributed by atoms with Crippen molar-refractivity contribution in [1.29, 1.82) is 0 Å². The van der Waals surface area contributed by atoms with Gasteiger partial charge in [-0.05, 0) is 0 Å². The lowest BCUT2D eigenvalue weighted by atomic mass is 10.1. The second-order valence-corrected chi connectivity index (χ2v) is 2.44. The van der Waals surface area contributed by atoms with E-state index >= 15 is 0 Å². The summed E-state index contributed by atoms with van der Waals surface area (Å²) < 4.78 is 4.77. The van der Waals surface area contributed by atoms with E-state index in [2.05, 4.69) is 0 Å². The quantitative estimate of drug-likeness (QED) is 0.396. The molecule has 1 aliphatic rings. The molecule has 4 atom stereocenters. The van der Waals surface area contributed by atoms with Crippen LogP contribution in [0.5, 0.6) is 0 Å². The molecule has 0 unspecified atom stereocenters. The topological polar surface area (TPSA) is 87.0 Å². The Bertz CT molecular complexity index is 148. The van der Waals surface area contributed by atoms with Crippen molar-refractivity contribution in [3.8, 4) is 0 Å². The highest BCUT2D eigenvalue weighted by molar-refractivity contribution is 5.58. The first-order valence-electron chi connectivity index (χ1n) is 3.28. The lowest BCUT2D eigenvalue weighted by Gasteiger charge is -2.10. The highest BCUT2D eigenvalue weighted by Gasteiger charge is 2.41. The average Bonchev–Trinajstić information content (AvgIpc) is 2.30. The van der Waals surface area contributed by atoms with E-state index in [4.69, 9.17) is 20.1 Å². The van der Waals surface area contributed by atoms with Gasteiger partial charge < -0.3 is 24.9 Å². The minimum Gasteiger partial charge on any atom is -0.394 e. The Kier molecular flexibility index (Phi) is 2.56. The van der Waals surface area contributed by atoms with E-state index in [-0.39, 0.29) is 0 Å². The molecular weight excluding hydrogens is 152 g/mol. The van der Waals surface area contributed by atoms with E-state index in [1.165, 1.54) is 0 Å². The van der Waals surface area contributed by atoms with Gasteiger partial charge in [0, 0.05) is 0 Å². The van der Waals surface area contributed by atoms with Crippen molar-refractivity contribution < 1.29 is 24.9 Å². The zero-order chi connectivity index (χ0) is 8.43. The van der Waals surface area contributed by atoms with Gasteiger partial charge in [-0.15, -0.1) is 0 Å². The standard InChI is InChI=1S/C6H10O5/c7-1-3-5(9)6(10)4(2-8)11-3/h1,3-6,8-10H,2H2/t3-,4-,5-,6-/m1/s1. The molecule has 0 amide bonds. The Balaban J connectivity index is 2.60. The molecule has 1 heterocycles. The normalized spacial score (nSPS) is 44.3. The molecule has 0 aliphatic carbocycles. The summed E-state index contributed by atoms with van der Waals surface area (Å²) in [7, 11) is 0. The van der Waals surface area contributed by atoms with Crippen LogP contribution in [0.1, 0.15) is 0 Å². The fraction of sp³-hybridized carbons (Fsp3) is 0.833. The van der Waals surface area contributed by atoms with Crippen molar-refractivity contribution in [3.05, 3.63) is 0 Å². The molecule has 3 N–H and O–H groups in total. The number of rotatable bonds is 2. The Hall–Kier alpha value is -0.490. The molecule has 11 heavy (non-hydrogen) atoms. The number of aliphatic hydroxyl groups is 3. The zero-order valence-electron chi connectivity index (χ0n) is 5.75. The van der Waals surface area contributed by atoms with Crippen LogP contribution in [0.2, 0.25) is 0 Å². The summed E-state index contributed by atoms with van der Waals surface area (Å²) in [4.78, 5) is 10.1. The second kappa shape index (κ2) is 3.27. The maximum absolute atomic E-state index is 10.1. The third-order valence-corrected chi connectivity index (χ3v) is 1.71. The van der Waals surface area contributed by atoms with E-state index in [1.807, 2.05) is 0 Å². The molecule has 64 valence electrons. The fourth-order valence-electron chi connectivity index (χ4n) is 1.04. The molecule has 1 rings (SSSR count). The second-order valence-electron chi connectivity index (χ2n) is 2.44. The van der Waals surface area contributed by atoms with Crippen molar-refractivity contribution in [2.75, 3.05) is 6.61 Å². The molecule has 5 nitrogen and oxygen atoms in total. The zero-order valence-corrected chi connectivity index (χ0v) is 5.75. The SMILES string of the molecule is O=C[C@H]1O[C@H](CO)[C@@H](O)[C@@H]1O. The van der Waals surface area contributed by atoms with Gasteiger partial charge in [0.15, 0.2) is 6.29 Å². The third-order valence-electron chi connectivity index (χ3n) is 1.71. The molecule has 1 saturated heterocycles. The Labute approximate surface area is 63.2 Å². The molecule has 0 saturated carbocycles. The molecule has 0 radical (unpaired) electrons. The molecule has 1 fully saturated rings. The summed E-state index contributed by atoms with van der Waals surface area (Å²) >= 11 is 0. The van der Waals surface area contributed by atoms with E-state index in [9.17, 15) is 4.79 Å². The summed E-state index contributed by atoms with van der Waals surface area (Å²) in [5, 5.41) is 26.7. The third kappa shape index (κ3) is 1.41. The van der Waals surface area contributed by atoms with Crippen LogP contribution in [0, 0.1) is 0 Å².